The van der Waals surface area contributed by atoms with Gasteiger partial charge in [0.2, 0.25) is 0 Å². The summed E-state index contributed by atoms with van der Waals surface area (Å²) in [6.07, 6.45) is -0.703. The number of carbonyl (C=O) groups excluding carboxylic acids is 2. The molecular formula is C17H17NO3. The first-order valence-corrected chi connectivity index (χ1v) is 6.70. The standard InChI is InChI=1S/C17H17NO3/c1-12(19)15-10-6-7-11-16(15)21-13(2)17(20)18-14-8-4-3-5-9-14/h3-11,13H,1-2H3,(H,18,20). The van der Waals surface area contributed by atoms with Crippen molar-refractivity contribution in [1.82, 2.24) is 0 Å². The van der Waals surface area contributed by atoms with E-state index < -0.39 is 6.10 Å². The van der Waals surface area contributed by atoms with Crippen LogP contribution in [0.1, 0.15) is 24.2 Å². The Morgan fingerprint density at radius 3 is 2.29 bits per heavy atom. The van der Waals surface area contributed by atoms with Crippen LogP contribution in [0, 0.1) is 0 Å². The summed E-state index contributed by atoms with van der Waals surface area (Å²) >= 11 is 0. The molecule has 0 radical (unpaired) electrons. The Morgan fingerprint density at radius 1 is 1.00 bits per heavy atom. The van der Waals surface area contributed by atoms with Crippen molar-refractivity contribution >= 4 is 17.4 Å². The van der Waals surface area contributed by atoms with Crippen LogP contribution in [0.2, 0.25) is 0 Å². The van der Waals surface area contributed by atoms with Gasteiger partial charge in [0, 0.05) is 5.69 Å². The lowest BCUT2D eigenvalue weighted by Crippen LogP contribution is -2.30. The molecule has 0 saturated carbocycles. The number of benzene rings is 2. The number of nitrogens with one attached hydrogen (secondary N) is 1. The Balaban J connectivity index is 2.06. The fourth-order valence-corrected chi connectivity index (χ4v) is 1.87. The number of ketones is 1. The average molecular weight is 283 g/mol. The van der Waals surface area contributed by atoms with Gasteiger partial charge in [-0.25, -0.2) is 0 Å². The quantitative estimate of drug-likeness (QED) is 0.857. The largest absolute Gasteiger partial charge is 0.480 e. The van der Waals surface area contributed by atoms with Crippen molar-refractivity contribution in [1.29, 1.82) is 0 Å². The van der Waals surface area contributed by atoms with E-state index in [4.69, 9.17) is 4.74 Å². The van der Waals surface area contributed by atoms with Crippen LogP contribution in [0.3, 0.4) is 0 Å². The Kier molecular flexibility index (Phi) is 4.72. The van der Waals surface area contributed by atoms with Crippen LogP contribution >= 0.6 is 0 Å². The van der Waals surface area contributed by atoms with Gasteiger partial charge in [-0.2, -0.15) is 0 Å². The normalized spacial score (nSPS) is 11.5. The molecule has 4 heteroatoms. The second-order valence-electron chi connectivity index (χ2n) is 4.67. The zero-order valence-electron chi connectivity index (χ0n) is 12.0. The summed E-state index contributed by atoms with van der Waals surface area (Å²) in [5, 5.41) is 2.76. The highest BCUT2D eigenvalue weighted by molar-refractivity contribution is 5.97. The van der Waals surface area contributed by atoms with Crippen molar-refractivity contribution < 1.29 is 14.3 Å². The molecule has 21 heavy (non-hydrogen) atoms. The van der Waals surface area contributed by atoms with E-state index in [1.54, 1.807) is 43.3 Å². The van der Waals surface area contributed by atoms with E-state index in [0.29, 0.717) is 17.0 Å². The number of carbonyl (C=O) groups is 2. The third kappa shape index (κ3) is 3.92. The van der Waals surface area contributed by atoms with Crippen molar-refractivity contribution in [2.24, 2.45) is 0 Å². The van der Waals surface area contributed by atoms with Crippen LogP contribution in [0.15, 0.2) is 54.6 Å². The lowest BCUT2D eigenvalue weighted by molar-refractivity contribution is -0.122. The zero-order chi connectivity index (χ0) is 15.2. The molecule has 0 fully saturated rings. The smallest absolute Gasteiger partial charge is 0.265 e. The van der Waals surface area contributed by atoms with E-state index in [1.165, 1.54) is 6.92 Å². The van der Waals surface area contributed by atoms with Crippen LogP contribution in [0.5, 0.6) is 5.75 Å². The Bertz CT molecular complexity index is 637. The highest BCUT2D eigenvalue weighted by atomic mass is 16.5. The number of anilines is 1. The van der Waals surface area contributed by atoms with Gasteiger partial charge < -0.3 is 10.1 Å². The molecule has 0 spiro atoms. The molecule has 1 atom stereocenters. The maximum absolute atomic E-state index is 12.1. The molecule has 0 aliphatic carbocycles. The van der Waals surface area contributed by atoms with Gasteiger partial charge in [-0.05, 0) is 38.1 Å². The van der Waals surface area contributed by atoms with Crippen LogP contribution < -0.4 is 10.1 Å². The molecule has 0 aliphatic heterocycles. The lowest BCUT2D eigenvalue weighted by Gasteiger charge is -2.16. The van der Waals surface area contributed by atoms with Crippen LogP contribution in [-0.4, -0.2) is 17.8 Å². The van der Waals surface area contributed by atoms with Crippen molar-refractivity contribution in [2.75, 3.05) is 5.32 Å². The molecule has 2 aromatic carbocycles. The number of Topliss-reactive ketones (excluding diaryl/α,β-unsaturated/α-hetero) is 1. The summed E-state index contributed by atoms with van der Waals surface area (Å²) in [6.45, 7) is 3.12. The molecule has 108 valence electrons. The van der Waals surface area contributed by atoms with Gasteiger partial charge >= 0.3 is 0 Å². The van der Waals surface area contributed by atoms with E-state index in [2.05, 4.69) is 5.32 Å². The summed E-state index contributed by atoms with van der Waals surface area (Å²) in [5.74, 6) is 0.0570. The van der Waals surface area contributed by atoms with Crippen molar-refractivity contribution in [3.8, 4) is 5.75 Å². The molecule has 0 saturated heterocycles. The van der Waals surface area contributed by atoms with Gasteiger partial charge in [-0.15, -0.1) is 0 Å². The minimum Gasteiger partial charge on any atom is -0.480 e. The first-order chi connectivity index (χ1) is 10.1. The SMILES string of the molecule is CC(=O)c1ccccc1OC(C)C(=O)Nc1ccccc1. The van der Waals surface area contributed by atoms with E-state index >= 15 is 0 Å². The summed E-state index contributed by atoms with van der Waals surface area (Å²) in [4.78, 5) is 23.6. The van der Waals surface area contributed by atoms with E-state index in [1.807, 2.05) is 18.2 Å². The zero-order valence-corrected chi connectivity index (χ0v) is 12.0. The van der Waals surface area contributed by atoms with Crippen molar-refractivity contribution in [3.05, 3.63) is 60.2 Å². The molecule has 2 rings (SSSR count). The summed E-state index contributed by atoms with van der Waals surface area (Å²) in [6, 6.07) is 16.0. The number of ether oxygens (including phenoxy) is 1. The molecule has 0 bridgehead atoms. The Hall–Kier alpha value is -2.62. The van der Waals surface area contributed by atoms with Gasteiger partial charge in [0.1, 0.15) is 5.75 Å². The van der Waals surface area contributed by atoms with Crippen LogP contribution in [-0.2, 0) is 4.79 Å². The van der Waals surface area contributed by atoms with Gasteiger partial charge in [0.25, 0.3) is 5.91 Å². The first kappa shape index (κ1) is 14.8. The topological polar surface area (TPSA) is 55.4 Å². The lowest BCUT2D eigenvalue weighted by atomic mass is 10.1. The summed E-state index contributed by atoms with van der Waals surface area (Å²) < 4.78 is 5.61. The van der Waals surface area contributed by atoms with Gasteiger partial charge in [-0.1, -0.05) is 30.3 Å². The molecule has 0 aromatic heterocycles. The number of hydrogen-bond donors (Lipinski definition) is 1. The minimum absolute atomic E-state index is 0.0960. The van der Waals surface area contributed by atoms with Crippen molar-refractivity contribution in [3.63, 3.8) is 0 Å². The van der Waals surface area contributed by atoms with Crippen LogP contribution in [0.4, 0.5) is 5.69 Å². The molecule has 1 N–H and O–H groups in total. The molecule has 4 nitrogen and oxygen atoms in total. The van der Waals surface area contributed by atoms with Gasteiger partial charge in [0.15, 0.2) is 11.9 Å². The molecule has 0 heterocycles. The summed E-state index contributed by atoms with van der Waals surface area (Å²) in [7, 11) is 0. The fraction of sp³-hybridized carbons (Fsp3) is 0.176. The third-order valence-corrected chi connectivity index (χ3v) is 2.98. The van der Waals surface area contributed by atoms with Crippen molar-refractivity contribution in [2.45, 2.75) is 20.0 Å². The predicted octanol–water partition coefficient (Wildman–Crippen LogP) is 3.30. The minimum atomic E-state index is -0.703. The maximum atomic E-state index is 12.1. The third-order valence-electron chi connectivity index (χ3n) is 2.98. The average Bonchev–Trinajstić information content (AvgIpc) is 2.48. The predicted molar refractivity (Wildman–Crippen MR) is 81.6 cm³/mol. The van der Waals surface area contributed by atoms with E-state index in [-0.39, 0.29) is 11.7 Å². The second kappa shape index (κ2) is 6.70. The number of hydrogen-bond acceptors (Lipinski definition) is 3. The molecule has 1 amide bonds. The van der Waals surface area contributed by atoms with E-state index in [9.17, 15) is 9.59 Å². The Morgan fingerprint density at radius 2 is 1.62 bits per heavy atom. The number of amides is 1. The summed E-state index contributed by atoms with van der Waals surface area (Å²) in [5.41, 5.74) is 1.18. The molecule has 0 aliphatic rings. The molecular weight excluding hydrogens is 266 g/mol. The maximum Gasteiger partial charge on any atom is 0.265 e. The second-order valence-corrected chi connectivity index (χ2v) is 4.67. The highest BCUT2D eigenvalue weighted by Crippen LogP contribution is 2.20. The van der Waals surface area contributed by atoms with Gasteiger partial charge in [0.05, 0.1) is 5.56 Å². The van der Waals surface area contributed by atoms with Crippen LogP contribution in [0.25, 0.3) is 0 Å². The first-order valence-electron chi connectivity index (χ1n) is 6.70. The number of para-hydroxylation sites is 2. The van der Waals surface area contributed by atoms with E-state index in [0.717, 1.165) is 0 Å². The molecule has 1 unspecified atom stereocenters. The Labute approximate surface area is 123 Å². The number of rotatable bonds is 5. The van der Waals surface area contributed by atoms with Gasteiger partial charge in [-0.3, -0.25) is 9.59 Å². The highest BCUT2D eigenvalue weighted by Gasteiger charge is 2.17. The fourth-order valence-electron chi connectivity index (χ4n) is 1.87. The monoisotopic (exact) mass is 283 g/mol. The molecule has 2 aromatic rings.